The Morgan fingerprint density at radius 3 is 2.44 bits per heavy atom. The second-order valence-corrected chi connectivity index (χ2v) is 4.29. The Bertz CT molecular complexity index is 498. The van der Waals surface area contributed by atoms with E-state index in [0.717, 1.165) is 22.5 Å². The van der Waals surface area contributed by atoms with E-state index in [4.69, 9.17) is 11.5 Å². The van der Waals surface area contributed by atoms with Crippen molar-refractivity contribution in [1.82, 2.24) is 4.57 Å². The molecule has 0 atom stereocenters. The summed E-state index contributed by atoms with van der Waals surface area (Å²) >= 11 is 0. The summed E-state index contributed by atoms with van der Waals surface area (Å²) in [6.45, 7) is 4.26. The standard InChI is InChI=1S/C13H17N3/c1-9(2)16-7-12(13(15)8-16)10-4-3-5-11(14)6-10/h3-9H,14-15H2,1-2H3. The molecule has 84 valence electrons. The number of benzene rings is 1. The molecule has 0 spiro atoms. The first-order chi connectivity index (χ1) is 7.58. The Kier molecular flexibility index (Phi) is 2.60. The van der Waals surface area contributed by atoms with Gasteiger partial charge in [0.2, 0.25) is 0 Å². The first kappa shape index (κ1) is 10.6. The van der Waals surface area contributed by atoms with Gasteiger partial charge in [-0.1, -0.05) is 12.1 Å². The average Bonchev–Trinajstić information content (AvgIpc) is 2.60. The fourth-order valence-corrected chi connectivity index (χ4v) is 1.74. The highest BCUT2D eigenvalue weighted by Crippen LogP contribution is 2.29. The fourth-order valence-electron chi connectivity index (χ4n) is 1.74. The largest absolute Gasteiger partial charge is 0.399 e. The smallest absolute Gasteiger partial charge is 0.0573 e. The third kappa shape index (κ3) is 1.89. The average molecular weight is 215 g/mol. The maximum atomic E-state index is 6.00. The Morgan fingerprint density at radius 2 is 1.88 bits per heavy atom. The zero-order valence-electron chi connectivity index (χ0n) is 9.64. The van der Waals surface area contributed by atoms with Gasteiger partial charge in [-0.25, -0.2) is 0 Å². The summed E-state index contributed by atoms with van der Waals surface area (Å²) in [5.74, 6) is 0. The van der Waals surface area contributed by atoms with Crippen LogP contribution in [0.4, 0.5) is 11.4 Å². The van der Waals surface area contributed by atoms with Crippen molar-refractivity contribution < 1.29 is 0 Å². The molecule has 1 aromatic carbocycles. The van der Waals surface area contributed by atoms with Gasteiger partial charge < -0.3 is 16.0 Å². The van der Waals surface area contributed by atoms with Crippen molar-refractivity contribution in [3.63, 3.8) is 0 Å². The van der Waals surface area contributed by atoms with Crippen LogP contribution in [-0.2, 0) is 0 Å². The van der Waals surface area contributed by atoms with E-state index in [0.29, 0.717) is 6.04 Å². The van der Waals surface area contributed by atoms with E-state index in [1.807, 2.05) is 30.5 Å². The van der Waals surface area contributed by atoms with Gasteiger partial charge in [0.05, 0.1) is 5.69 Å². The summed E-state index contributed by atoms with van der Waals surface area (Å²) in [7, 11) is 0. The summed E-state index contributed by atoms with van der Waals surface area (Å²) in [5.41, 5.74) is 15.4. The topological polar surface area (TPSA) is 57.0 Å². The van der Waals surface area contributed by atoms with Gasteiger partial charge >= 0.3 is 0 Å². The van der Waals surface area contributed by atoms with Gasteiger partial charge in [-0.3, -0.25) is 0 Å². The van der Waals surface area contributed by atoms with Crippen LogP contribution in [0, 0.1) is 0 Å². The number of hydrogen-bond donors (Lipinski definition) is 2. The predicted octanol–water partition coefficient (Wildman–Crippen LogP) is 2.90. The van der Waals surface area contributed by atoms with Crippen molar-refractivity contribution in [2.24, 2.45) is 0 Å². The predicted molar refractivity (Wildman–Crippen MR) is 69.1 cm³/mol. The summed E-state index contributed by atoms with van der Waals surface area (Å²) in [5, 5.41) is 0. The molecule has 2 aromatic rings. The Balaban J connectivity index is 2.48. The molecule has 0 radical (unpaired) electrons. The van der Waals surface area contributed by atoms with Crippen LogP contribution in [0.15, 0.2) is 36.7 Å². The normalized spacial score (nSPS) is 10.9. The number of anilines is 2. The minimum Gasteiger partial charge on any atom is -0.399 e. The van der Waals surface area contributed by atoms with Crippen LogP contribution < -0.4 is 11.5 Å². The van der Waals surface area contributed by atoms with Gasteiger partial charge in [0, 0.05) is 29.7 Å². The number of aromatic nitrogens is 1. The van der Waals surface area contributed by atoms with Gasteiger partial charge in [0.15, 0.2) is 0 Å². The molecule has 3 heteroatoms. The molecule has 0 aliphatic carbocycles. The molecule has 1 heterocycles. The molecule has 0 bridgehead atoms. The Morgan fingerprint density at radius 1 is 1.12 bits per heavy atom. The van der Waals surface area contributed by atoms with Gasteiger partial charge in [0.25, 0.3) is 0 Å². The highest BCUT2D eigenvalue weighted by atomic mass is 15.0. The molecule has 0 aliphatic rings. The van der Waals surface area contributed by atoms with Crippen LogP contribution >= 0.6 is 0 Å². The Labute approximate surface area is 95.7 Å². The van der Waals surface area contributed by atoms with E-state index in [2.05, 4.69) is 24.6 Å². The highest BCUT2D eigenvalue weighted by molar-refractivity contribution is 5.77. The molecule has 4 N–H and O–H groups in total. The number of nitrogen functional groups attached to an aromatic ring is 2. The van der Waals surface area contributed by atoms with Gasteiger partial charge in [-0.15, -0.1) is 0 Å². The van der Waals surface area contributed by atoms with Gasteiger partial charge in [-0.05, 0) is 31.5 Å². The zero-order chi connectivity index (χ0) is 11.7. The van der Waals surface area contributed by atoms with Crippen molar-refractivity contribution in [2.45, 2.75) is 19.9 Å². The van der Waals surface area contributed by atoms with Gasteiger partial charge in [-0.2, -0.15) is 0 Å². The van der Waals surface area contributed by atoms with Crippen molar-refractivity contribution in [2.75, 3.05) is 11.5 Å². The van der Waals surface area contributed by atoms with E-state index < -0.39 is 0 Å². The lowest BCUT2D eigenvalue weighted by atomic mass is 10.1. The fraction of sp³-hybridized carbons (Fsp3) is 0.231. The zero-order valence-corrected chi connectivity index (χ0v) is 9.64. The SMILES string of the molecule is CC(C)n1cc(N)c(-c2cccc(N)c2)c1. The summed E-state index contributed by atoms with van der Waals surface area (Å²) < 4.78 is 2.11. The lowest BCUT2D eigenvalue weighted by molar-refractivity contribution is 0.604. The summed E-state index contributed by atoms with van der Waals surface area (Å²) in [4.78, 5) is 0. The molecule has 0 aliphatic heterocycles. The molecule has 0 unspecified atom stereocenters. The second-order valence-electron chi connectivity index (χ2n) is 4.29. The number of nitrogens with zero attached hydrogens (tertiary/aromatic N) is 1. The maximum Gasteiger partial charge on any atom is 0.0573 e. The molecule has 2 rings (SSSR count). The van der Waals surface area contributed by atoms with Crippen LogP contribution in [0.2, 0.25) is 0 Å². The van der Waals surface area contributed by atoms with E-state index >= 15 is 0 Å². The lowest BCUT2D eigenvalue weighted by Gasteiger charge is -2.05. The van der Waals surface area contributed by atoms with Crippen LogP contribution in [-0.4, -0.2) is 4.57 Å². The molecular formula is C13H17N3. The third-order valence-corrected chi connectivity index (χ3v) is 2.67. The molecule has 0 fully saturated rings. The van der Waals surface area contributed by atoms with E-state index in [-0.39, 0.29) is 0 Å². The van der Waals surface area contributed by atoms with Crippen LogP contribution in [0.1, 0.15) is 19.9 Å². The Hall–Kier alpha value is -1.90. The first-order valence-corrected chi connectivity index (χ1v) is 5.41. The van der Waals surface area contributed by atoms with Crippen LogP contribution in [0.25, 0.3) is 11.1 Å². The van der Waals surface area contributed by atoms with Crippen molar-refractivity contribution in [3.8, 4) is 11.1 Å². The molecule has 16 heavy (non-hydrogen) atoms. The summed E-state index contributed by atoms with van der Waals surface area (Å²) in [6.07, 6.45) is 4.03. The highest BCUT2D eigenvalue weighted by Gasteiger charge is 2.08. The van der Waals surface area contributed by atoms with Gasteiger partial charge in [0.1, 0.15) is 0 Å². The molecule has 0 saturated carbocycles. The van der Waals surface area contributed by atoms with Crippen molar-refractivity contribution >= 4 is 11.4 Å². The van der Waals surface area contributed by atoms with E-state index in [9.17, 15) is 0 Å². The molecule has 3 nitrogen and oxygen atoms in total. The molecule has 1 aromatic heterocycles. The van der Waals surface area contributed by atoms with E-state index in [1.54, 1.807) is 0 Å². The number of rotatable bonds is 2. The minimum atomic E-state index is 0.414. The second kappa shape index (κ2) is 3.93. The number of hydrogen-bond acceptors (Lipinski definition) is 2. The van der Waals surface area contributed by atoms with Crippen molar-refractivity contribution in [3.05, 3.63) is 36.7 Å². The van der Waals surface area contributed by atoms with Crippen molar-refractivity contribution in [1.29, 1.82) is 0 Å². The maximum absolute atomic E-state index is 6.00. The number of nitrogens with two attached hydrogens (primary N) is 2. The first-order valence-electron chi connectivity index (χ1n) is 5.41. The quantitative estimate of drug-likeness (QED) is 0.757. The monoisotopic (exact) mass is 215 g/mol. The molecular weight excluding hydrogens is 198 g/mol. The third-order valence-electron chi connectivity index (χ3n) is 2.67. The molecule has 0 saturated heterocycles. The summed E-state index contributed by atoms with van der Waals surface area (Å²) in [6, 6.07) is 8.19. The minimum absolute atomic E-state index is 0.414. The van der Waals surface area contributed by atoms with E-state index in [1.165, 1.54) is 0 Å². The van der Waals surface area contributed by atoms with Crippen LogP contribution in [0.5, 0.6) is 0 Å². The lowest BCUT2D eigenvalue weighted by Crippen LogP contribution is -1.95. The van der Waals surface area contributed by atoms with Crippen LogP contribution in [0.3, 0.4) is 0 Å². The molecule has 0 amide bonds.